The van der Waals surface area contributed by atoms with Crippen LogP contribution in [-0.4, -0.2) is 8.42 Å². The Morgan fingerprint density at radius 3 is 2.43 bits per heavy atom. The Morgan fingerprint density at radius 2 is 1.86 bits per heavy atom. The molecule has 21 heavy (non-hydrogen) atoms. The molecule has 0 aliphatic heterocycles. The second-order valence-corrected chi connectivity index (χ2v) is 6.06. The van der Waals surface area contributed by atoms with Crippen LogP contribution in [0.3, 0.4) is 0 Å². The largest absolute Gasteiger partial charge is 0.399 e. The number of nitriles is 1. The molecular weight excluding hydrogens is 293 g/mol. The van der Waals surface area contributed by atoms with Crippen molar-refractivity contribution >= 4 is 15.7 Å². The number of hydrogen-bond donors (Lipinski definition) is 2. The summed E-state index contributed by atoms with van der Waals surface area (Å²) in [6, 6.07) is 11.8. The van der Waals surface area contributed by atoms with E-state index in [0.717, 1.165) is 12.1 Å². The van der Waals surface area contributed by atoms with Crippen molar-refractivity contribution in [3.8, 4) is 6.07 Å². The second-order valence-electron chi connectivity index (χ2n) is 4.32. The van der Waals surface area contributed by atoms with Crippen molar-refractivity contribution in [3.63, 3.8) is 0 Å². The lowest BCUT2D eigenvalue weighted by atomic mass is 10.1. The third-order valence-corrected chi connectivity index (χ3v) is 4.23. The Kier molecular flexibility index (Phi) is 4.21. The van der Waals surface area contributed by atoms with E-state index >= 15 is 0 Å². The fourth-order valence-electron chi connectivity index (χ4n) is 1.69. The Bertz CT molecular complexity index is 796. The zero-order valence-corrected chi connectivity index (χ0v) is 11.7. The molecule has 5 nitrogen and oxygen atoms in total. The van der Waals surface area contributed by atoms with Crippen LogP contribution in [0.15, 0.2) is 47.4 Å². The summed E-state index contributed by atoms with van der Waals surface area (Å²) >= 11 is 0. The Morgan fingerprint density at radius 1 is 1.19 bits per heavy atom. The van der Waals surface area contributed by atoms with Gasteiger partial charge in [0.05, 0.1) is 11.6 Å². The van der Waals surface area contributed by atoms with Crippen molar-refractivity contribution in [2.24, 2.45) is 0 Å². The highest BCUT2D eigenvalue weighted by Gasteiger charge is 2.18. The monoisotopic (exact) mass is 305 g/mol. The molecule has 0 aliphatic rings. The number of sulfonamides is 1. The third kappa shape index (κ3) is 3.56. The second kappa shape index (κ2) is 5.91. The van der Waals surface area contributed by atoms with Gasteiger partial charge in [-0.25, -0.2) is 17.5 Å². The summed E-state index contributed by atoms with van der Waals surface area (Å²) in [4.78, 5) is -0.453. The molecule has 0 unspecified atom stereocenters. The Hall–Kier alpha value is -2.43. The molecule has 0 aliphatic carbocycles. The molecule has 0 bridgehead atoms. The Balaban J connectivity index is 2.16. The quantitative estimate of drug-likeness (QED) is 0.841. The normalized spacial score (nSPS) is 11.0. The van der Waals surface area contributed by atoms with Gasteiger partial charge in [0.2, 0.25) is 10.0 Å². The van der Waals surface area contributed by atoms with Gasteiger partial charge in [-0.3, -0.25) is 0 Å². The molecule has 0 amide bonds. The predicted octanol–water partition coefficient (Wildman–Crippen LogP) is 1.76. The molecule has 2 rings (SSSR count). The summed E-state index contributed by atoms with van der Waals surface area (Å²) in [7, 11) is -3.97. The van der Waals surface area contributed by atoms with Gasteiger partial charge in [-0.05, 0) is 35.9 Å². The third-order valence-electron chi connectivity index (χ3n) is 2.79. The van der Waals surface area contributed by atoms with Crippen LogP contribution in [0.2, 0.25) is 0 Å². The van der Waals surface area contributed by atoms with Crippen molar-refractivity contribution in [2.75, 3.05) is 5.73 Å². The lowest BCUT2D eigenvalue weighted by molar-refractivity contribution is 0.557. The first-order chi connectivity index (χ1) is 9.92. The number of anilines is 1. The highest BCUT2D eigenvalue weighted by atomic mass is 32.2. The first kappa shape index (κ1) is 15.0. The number of hydrogen-bond acceptors (Lipinski definition) is 4. The topological polar surface area (TPSA) is 96.0 Å². The van der Waals surface area contributed by atoms with Gasteiger partial charge in [0.15, 0.2) is 0 Å². The van der Waals surface area contributed by atoms with Crippen LogP contribution in [0.4, 0.5) is 10.1 Å². The maximum Gasteiger partial charge on any atom is 0.243 e. The zero-order valence-electron chi connectivity index (χ0n) is 10.9. The van der Waals surface area contributed by atoms with Crippen molar-refractivity contribution in [2.45, 2.75) is 11.4 Å². The van der Waals surface area contributed by atoms with Crippen molar-refractivity contribution < 1.29 is 12.8 Å². The molecule has 0 fully saturated rings. The lowest BCUT2D eigenvalue weighted by Gasteiger charge is -2.08. The van der Waals surface area contributed by atoms with Gasteiger partial charge in [0.1, 0.15) is 10.7 Å². The zero-order chi connectivity index (χ0) is 15.5. The van der Waals surface area contributed by atoms with Crippen LogP contribution in [0, 0.1) is 17.1 Å². The van der Waals surface area contributed by atoms with Crippen LogP contribution in [0.25, 0.3) is 0 Å². The van der Waals surface area contributed by atoms with Crippen LogP contribution >= 0.6 is 0 Å². The van der Waals surface area contributed by atoms with Crippen LogP contribution < -0.4 is 10.5 Å². The molecule has 0 atom stereocenters. The molecule has 2 aromatic rings. The van der Waals surface area contributed by atoms with Crippen molar-refractivity contribution in [1.82, 2.24) is 4.72 Å². The lowest BCUT2D eigenvalue weighted by Crippen LogP contribution is -2.24. The minimum Gasteiger partial charge on any atom is -0.399 e. The molecule has 7 heteroatoms. The van der Waals surface area contributed by atoms with Gasteiger partial charge in [0, 0.05) is 12.2 Å². The molecule has 0 saturated heterocycles. The molecule has 2 aromatic carbocycles. The molecule has 0 saturated carbocycles. The minimum atomic E-state index is -3.97. The molecule has 0 aromatic heterocycles. The molecule has 0 spiro atoms. The SMILES string of the molecule is N#Cc1ccc(CNS(=O)(=O)c2ccc(N)cc2F)cc1. The minimum absolute atomic E-state index is 0.00212. The first-order valence-electron chi connectivity index (χ1n) is 5.96. The van der Waals surface area contributed by atoms with Gasteiger partial charge in [0.25, 0.3) is 0 Å². The molecule has 0 heterocycles. The maximum atomic E-state index is 13.6. The average Bonchev–Trinajstić information content (AvgIpc) is 2.45. The number of nitrogens with one attached hydrogen (secondary N) is 1. The van der Waals surface area contributed by atoms with E-state index in [4.69, 9.17) is 11.0 Å². The summed E-state index contributed by atoms with van der Waals surface area (Å²) in [5.41, 5.74) is 6.67. The van der Waals surface area contributed by atoms with Crippen molar-refractivity contribution in [3.05, 3.63) is 59.4 Å². The number of rotatable bonds is 4. The summed E-state index contributed by atoms with van der Waals surface area (Å²) < 4.78 is 40.0. The highest BCUT2D eigenvalue weighted by Crippen LogP contribution is 2.17. The fraction of sp³-hybridized carbons (Fsp3) is 0.0714. The summed E-state index contributed by atoms with van der Waals surface area (Å²) in [6.45, 7) is -0.00212. The molecule has 3 N–H and O–H groups in total. The van der Waals surface area contributed by atoms with E-state index in [2.05, 4.69) is 4.72 Å². The van der Waals surface area contributed by atoms with E-state index < -0.39 is 20.7 Å². The van der Waals surface area contributed by atoms with Crippen LogP contribution in [0.5, 0.6) is 0 Å². The summed E-state index contributed by atoms with van der Waals surface area (Å²) in [5.74, 6) is -0.901. The first-order valence-corrected chi connectivity index (χ1v) is 7.44. The van der Waals surface area contributed by atoms with Gasteiger partial charge in [-0.1, -0.05) is 12.1 Å². The average molecular weight is 305 g/mol. The predicted molar refractivity (Wildman–Crippen MR) is 76.0 cm³/mol. The van der Waals surface area contributed by atoms with E-state index in [9.17, 15) is 12.8 Å². The van der Waals surface area contributed by atoms with Gasteiger partial charge < -0.3 is 5.73 Å². The maximum absolute atomic E-state index is 13.6. The molecule has 0 radical (unpaired) electrons. The number of halogens is 1. The van der Waals surface area contributed by atoms with E-state index in [-0.39, 0.29) is 12.2 Å². The summed E-state index contributed by atoms with van der Waals surface area (Å²) in [6.07, 6.45) is 0. The highest BCUT2D eigenvalue weighted by molar-refractivity contribution is 7.89. The van der Waals surface area contributed by atoms with Crippen molar-refractivity contribution in [1.29, 1.82) is 5.26 Å². The van der Waals surface area contributed by atoms with Gasteiger partial charge in [-0.2, -0.15) is 5.26 Å². The van der Waals surface area contributed by atoms with Crippen LogP contribution in [0.1, 0.15) is 11.1 Å². The number of nitrogens with zero attached hydrogens (tertiary/aromatic N) is 1. The van der Waals surface area contributed by atoms with Crippen LogP contribution in [-0.2, 0) is 16.6 Å². The number of nitrogens with two attached hydrogens (primary N) is 1. The van der Waals surface area contributed by atoms with Gasteiger partial charge in [-0.15, -0.1) is 0 Å². The van der Waals surface area contributed by atoms with E-state index in [1.54, 1.807) is 24.3 Å². The van der Waals surface area contributed by atoms with Gasteiger partial charge >= 0.3 is 0 Å². The van der Waals surface area contributed by atoms with E-state index in [1.165, 1.54) is 6.07 Å². The smallest absolute Gasteiger partial charge is 0.243 e. The standard InChI is InChI=1S/C14H12FN3O2S/c15-13-7-12(17)5-6-14(13)21(19,20)18-9-11-3-1-10(8-16)2-4-11/h1-7,18H,9,17H2. The number of nitrogen functional groups attached to an aromatic ring is 1. The van der Waals surface area contributed by atoms with E-state index in [1.807, 2.05) is 6.07 Å². The summed E-state index contributed by atoms with van der Waals surface area (Å²) in [5, 5.41) is 8.68. The Labute approximate surface area is 121 Å². The fourth-order valence-corrected chi connectivity index (χ4v) is 2.76. The van der Waals surface area contributed by atoms with E-state index in [0.29, 0.717) is 11.1 Å². The molecule has 108 valence electrons. The molecular formula is C14H12FN3O2S. The number of benzene rings is 2.